The molecule has 0 spiro atoms. The largest absolute Gasteiger partial charge is 0.416 e. The van der Waals surface area contributed by atoms with Gasteiger partial charge in [-0.15, -0.1) is 0 Å². The van der Waals surface area contributed by atoms with E-state index in [1.165, 1.54) is 6.07 Å². The molecule has 0 aromatic heterocycles. The first-order valence-electron chi connectivity index (χ1n) is 4.18. The van der Waals surface area contributed by atoms with Crippen molar-refractivity contribution in [3.8, 4) is 0 Å². The highest BCUT2D eigenvalue weighted by Gasteiger charge is 2.31. The van der Waals surface area contributed by atoms with Gasteiger partial charge in [0.15, 0.2) is 0 Å². The molecule has 15 heavy (non-hydrogen) atoms. The molecule has 0 saturated heterocycles. The molecule has 1 rings (SSSR count). The number of rotatable bonds is 2. The SMILES string of the molecule is NCC(N)c1ccc(C(F)(F)F)cc1Cl. The molecule has 0 aliphatic carbocycles. The van der Waals surface area contributed by atoms with E-state index in [4.69, 9.17) is 23.1 Å². The lowest BCUT2D eigenvalue weighted by Crippen LogP contribution is -2.21. The van der Waals surface area contributed by atoms with Crippen molar-refractivity contribution in [3.63, 3.8) is 0 Å². The lowest BCUT2D eigenvalue weighted by Gasteiger charge is -2.13. The Morgan fingerprint density at radius 2 is 1.93 bits per heavy atom. The van der Waals surface area contributed by atoms with Gasteiger partial charge in [-0.25, -0.2) is 0 Å². The van der Waals surface area contributed by atoms with Gasteiger partial charge in [0.2, 0.25) is 0 Å². The summed E-state index contributed by atoms with van der Waals surface area (Å²) in [6.07, 6.45) is -4.39. The molecule has 0 fully saturated rings. The van der Waals surface area contributed by atoms with Crippen molar-refractivity contribution in [2.45, 2.75) is 12.2 Å². The number of nitrogens with two attached hydrogens (primary N) is 2. The highest BCUT2D eigenvalue weighted by atomic mass is 35.5. The van der Waals surface area contributed by atoms with Crippen molar-refractivity contribution in [1.29, 1.82) is 0 Å². The monoisotopic (exact) mass is 238 g/mol. The van der Waals surface area contributed by atoms with Crippen LogP contribution in [-0.2, 0) is 6.18 Å². The minimum absolute atomic E-state index is 0.0113. The van der Waals surface area contributed by atoms with Gasteiger partial charge in [-0.1, -0.05) is 17.7 Å². The van der Waals surface area contributed by atoms with Gasteiger partial charge in [0, 0.05) is 17.6 Å². The smallest absolute Gasteiger partial charge is 0.329 e. The Labute approximate surface area is 90.0 Å². The maximum absolute atomic E-state index is 12.3. The first-order valence-corrected chi connectivity index (χ1v) is 4.56. The Morgan fingerprint density at radius 1 is 1.33 bits per heavy atom. The molecule has 0 radical (unpaired) electrons. The summed E-state index contributed by atoms with van der Waals surface area (Å²) >= 11 is 5.67. The Balaban J connectivity index is 3.09. The summed E-state index contributed by atoms with van der Waals surface area (Å²) in [6, 6.07) is 2.51. The van der Waals surface area contributed by atoms with Gasteiger partial charge in [0.1, 0.15) is 0 Å². The predicted octanol–water partition coefficient (Wildman–Crippen LogP) is 2.32. The van der Waals surface area contributed by atoms with E-state index in [9.17, 15) is 13.2 Å². The fraction of sp³-hybridized carbons (Fsp3) is 0.333. The molecule has 0 amide bonds. The van der Waals surface area contributed by atoms with Crippen LogP contribution in [0.3, 0.4) is 0 Å². The Hall–Kier alpha value is -0.780. The van der Waals surface area contributed by atoms with Crippen molar-refractivity contribution in [2.75, 3.05) is 6.54 Å². The van der Waals surface area contributed by atoms with E-state index in [1.54, 1.807) is 0 Å². The Bertz CT molecular complexity index is 352. The topological polar surface area (TPSA) is 52.0 Å². The van der Waals surface area contributed by atoms with Crippen LogP contribution in [0, 0.1) is 0 Å². The van der Waals surface area contributed by atoms with E-state index < -0.39 is 17.8 Å². The van der Waals surface area contributed by atoms with Crippen LogP contribution in [0.1, 0.15) is 17.2 Å². The Morgan fingerprint density at radius 3 is 2.33 bits per heavy atom. The lowest BCUT2D eigenvalue weighted by molar-refractivity contribution is -0.137. The third-order valence-electron chi connectivity index (χ3n) is 1.98. The molecule has 4 N–H and O–H groups in total. The van der Waals surface area contributed by atoms with Crippen LogP contribution in [0.4, 0.5) is 13.2 Å². The van der Waals surface area contributed by atoms with Gasteiger partial charge in [-0.3, -0.25) is 0 Å². The summed E-state index contributed by atoms with van der Waals surface area (Å²) in [5, 5.41) is -0.0113. The number of benzene rings is 1. The van der Waals surface area contributed by atoms with Crippen molar-refractivity contribution >= 4 is 11.6 Å². The van der Waals surface area contributed by atoms with Crippen LogP contribution in [0.5, 0.6) is 0 Å². The summed E-state index contributed by atoms with van der Waals surface area (Å²) in [4.78, 5) is 0. The zero-order valence-electron chi connectivity index (χ0n) is 7.68. The molecule has 0 heterocycles. The maximum atomic E-state index is 12.3. The zero-order valence-corrected chi connectivity index (χ0v) is 8.44. The lowest BCUT2D eigenvalue weighted by atomic mass is 10.1. The van der Waals surface area contributed by atoms with Gasteiger partial charge >= 0.3 is 6.18 Å². The summed E-state index contributed by atoms with van der Waals surface area (Å²) < 4.78 is 36.8. The molecule has 1 atom stereocenters. The van der Waals surface area contributed by atoms with Crippen LogP contribution in [0.15, 0.2) is 18.2 Å². The predicted molar refractivity (Wildman–Crippen MR) is 52.4 cm³/mol. The molecular formula is C9H10ClF3N2. The van der Waals surface area contributed by atoms with Crippen LogP contribution in [-0.4, -0.2) is 6.54 Å². The van der Waals surface area contributed by atoms with Gasteiger partial charge < -0.3 is 11.5 Å². The third-order valence-corrected chi connectivity index (χ3v) is 2.31. The normalized spacial score (nSPS) is 14.0. The second-order valence-electron chi connectivity index (χ2n) is 3.08. The Kier molecular flexibility index (Phi) is 3.59. The molecule has 0 bridgehead atoms. The van der Waals surface area contributed by atoms with Crippen molar-refractivity contribution in [2.24, 2.45) is 11.5 Å². The molecule has 1 aromatic rings. The molecule has 6 heteroatoms. The highest BCUT2D eigenvalue weighted by molar-refractivity contribution is 6.31. The minimum Gasteiger partial charge on any atom is -0.329 e. The van der Waals surface area contributed by atoms with E-state index in [0.717, 1.165) is 12.1 Å². The molecular weight excluding hydrogens is 229 g/mol. The number of hydrogen-bond acceptors (Lipinski definition) is 2. The second-order valence-corrected chi connectivity index (χ2v) is 3.48. The maximum Gasteiger partial charge on any atom is 0.416 e. The highest BCUT2D eigenvalue weighted by Crippen LogP contribution is 2.33. The first kappa shape index (κ1) is 12.3. The van der Waals surface area contributed by atoms with Gasteiger partial charge in [0.25, 0.3) is 0 Å². The van der Waals surface area contributed by atoms with Crippen LogP contribution in [0.25, 0.3) is 0 Å². The van der Waals surface area contributed by atoms with Crippen molar-refractivity contribution < 1.29 is 13.2 Å². The van der Waals surface area contributed by atoms with Crippen LogP contribution >= 0.6 is 11.6 Å². The molecule has 0 aliphatic rings. The number of halogens is 4. The molecule has 0 saturated carbocycles. The summed E-state index contributed by atoms with van der Waals surface area (Å²) in [5.41, 5.74) is 10.5. The van der Waals surface area contributed by atoms with Gasteiger partial charge in [-0.2, -0.15) is 13.2 Å². The van der Waals surface area contributed by atoms with Crippen LogP contribution in [0.2, 0.25) is 5.02 Å². The molecule has 1 aromatic carbocycles. The molecule has 0 aliphatic heterocycles. The quantitative estimate of drug-likeness (QED) is 0.831. The number of alkyl halides is 3. The fourth-order valence-corrected chi connectivity index (χ4v) is 1.45. The zero-order chi connectivity index (χ0) is 11.6. The van der Waals surface area contributed by atoms with Gasteiger partial charge in [-0.05, 0) is 17.7 Å². The summed E-state index contributed by atoms with van der Waals surface area (Å²) in [6.45, 7) is 0.130. The first-order chi connectivity index (χ1) is 6.86. The molecule has 2 nitrogen and oxygen atoms in total. The fourth-order valence-electron chi connectivity index (χ4n) is 1.13. The standard InChI is InChI=1S/C9H10ClF3N2/c10-7-3-5(9(11,12)13)1-2-6(7)8(15)4-14/h1-3,8H,4,14-15H2. The minimum atomic E-state index is -4.39. The van der Waals surface area contributed by atoms with Crippen molar-refractivity contribution in [3.05, 3.63) is 34.3 Å². The van der Waals surface area contributed by atoms with E-state index in [0.29, 0.717) is 5.56 Å². The average Bonchev–Trinajstić information content (AvgIpc) is 2.15. The van der Waals surface area contributed by atoms with E-state index in [1.807, 2.05) is 0 Å². The number of hydrogen-bond donors (Lipinski definition) is 2. The van der Waals surface area contributed by atoms with Gasteiger partial charge in [0.05, 0.1) is 5.56 Å². The summed E-state index contributed by atoms with van der Waals surface area (Å²) in [5.74, 6) is 0. The molecule has 1 unspecified atom stereocenters. The third kappa shape index (κ3) is 2.84. The van der Waals surface area contributed by atoms with Crippen molar-refractivity contribution in [1.82, 2.24) is 0 Å². The second kappa shape index (κ2) is 4.38. The van der Waals surface area contributed by atoms with E-state index in [2.05, 4.69) is 0 Å². The average molecular weight is 239 g/mol. The van der Waals surface area contributed by atoms with E-state index in [-0.39, 0.29) is 11.6 Å². The van der Waals surface area contributed by atoms with Crippen LogP contribution < -0.4 is 11.5 Å². The molecule has 84 valence electrons. The van der Waals surface area contributed by atoms with E-state index >= 15 is 0 Å². The summed E-state index contributed by atoms with van der Waals surface area (Å²) in [7, 11) is 0.